The maximum absolute atomic E-state index is 13.6. The van der Waals surface area contributed by atoms with Crippen LogP contribution in [0.15, 0.2) is 65.6 Å². The second kappa shape index (κ2) is 7.42. The minimum atomic E-state index is -0.247. The van der Waals surface area contributed by atoms with Gasteiger partial charge >= 0.3 is 0 Å². The average molecular weight is 391 g/mol. The predicted octanol–water partition coefficient (Wildman–Crippen LogP) is 3.62. The van der Waals surface area contributed by atoms with Gasteiger partial charge in [0, 0.05) is 43.5 Å². The summed E-state index contributed by atoms with van der Waals surface area (Å²) in [4.78, 5) is 4.75. The van der Waals surface area contributed by atoms with Gasteiger partial charge in [0.1, 0.15) is 11.5 Å². The number of hydrogen-bond donors (Lipinski definition) is 0. The maximum Gasteiger partial charge on any atom is 0.123 e. The Kier molecular flexibility index (Phi) is 4.61. The van der Waals surface area contributed by atoms with Crippen LogP contribution in [0, 0.1) is 5.82 Å². The Morgan fingerprint density at radius 2 is 2.07 bits per heavy atom. The molecule has 0 saturated carbocycles. The Balaban J connectivity index is 1.43. The fourth-order valence-electron chi connectivity index (χ4n) is 4.00. The quantitative estimate of drug-likeness (QED) is 0.532. The van der Waals surface area contributed by atoms with Crippen molar-refractivity contribution < 1.29 is 8.81 Å². The highest BCUT2D eigenvalue weighted by Gasteiger charge is 2.29. The molecule has 0 amide bonds. The Morgan fingerprint density at radius 1 is 1.14 bits per heavy atom. The minimum Gasteiger partial charge on any atom is -0.472 e. The molecule has 4 heterocycles. The van der Waals surface area contributed by atoms with Gasteiger partial charge in [-0.3, -0.25) is 9.80 Å². The maximum atomic E-state index is 13.6. The number of nitrogens with zero attached hydrogens (tertiary/aromatic N) is 5. The van der Waals surface area contributed by atoms with Crippen LogP contribution in [-0.2, 0) is 6.54 Å². The number of fused-ring (bicyclic) bond motifs is 1. The lowest BCUT2D eigenvalue weighted by Gasteiger charge is -2.38. The van der Waals surface area contributed by atoms with Crippen molar-refractivity contribution in [3.8, 4) is 11.1 Å². The fraction of sp³-hybridized carbons (Fsp3) is 0.273. The zero-order chi connectivity index (χ0) is 19.8. The standard InChI is InChI=1S/C22H22FN5O/c1-26-8-9-27(12-16-7-10-29-15-16)14-21(26)22-20-6-5-18(13-28(20)25-24-22)17-3-2-4-19(23)11-17/h2-7,10-11,13,15,21H,8-9,12,14H2,1H3. The highest BCUT2D eigenvalue weighted by atomic mass is 19.1. The summed E-state index contributed by atoms with van der Waals surface area (Å²) < 4.78 is 20.6. The summed E-state index contributed by atoms with van der Waals surface area (Å²) >= 11 is 0. The lowest BCUT2D eigenvalue weighted by atomic mass is 10.1. The number of pyridine rings is 1. The molecule has 0 aliphatic carbocycles. The topological polar surface area (TPSA) is 49.8 Å². The molecular weight excluding hydrogens is 369 g/mol. The van der Waals surface area contributed by atoms with Crippen LogP contribution in [0.1, 0.15) is 17.3 Å². The molecule has 7 heteroatoms. The molecule has 148 valence electrons. The number of rotatable bonds is 4. The summed E-state index contributed by atoms with van der Waals surface area (Å²) in [6.07, 6.45) is 5.42. The molecule has 1 aromatic carbocycles. The van der Waals surface area contributed by atoms with Gasteiger partial charge in [-0.05, 0) is 36.9 Å². The summed E-state index contributed by atoms with van der Waals surface area (Å²) in [5.41, 5.74) is 4.86. The summed E-state index contributed by atoms with van der Waals surface area (Å²) in [7, 11) is 2.13. The van der Waals surface area contributed by atoms with Gasteiger partial charge in [0.05, 0.1) is 24.1 Å². The van der Waals surface area contributed by atoms with Crippen molar-refractivity contribution in [3.63, 3.8) is 0 Å². The van der Waals surface area contributed by atoms with E-state index in [1.165, 1.54) is 17.7 Å². The van der Waals surface area contributed by atoms with Crippen LogP contribution < -0.4 is 0 Å². The Bertz CT molecular complexity index is 1120. The van der Waals surface area contributed by atoms with E-state index < -0.39 is 0 Å². The number of hydrogen-bond acceptors (Lipinski definition) is 5. The average Bonchev–Trinajstić information content (AvgIpc) is 3.39. The molecule has 0 N–H and O–H groups in total. The first-order valence-corrected chi connectivity index (χ1v) is 9.72. The molecule has 0 spiro atoms. The first kappa shape index (κ1) is 18.0. The molecule has 0 radical (unpaired) electrons. The van der Waals surface area contributed by atoms with Crippen molar-refractivity contribution in [1.29, 1.82) is 0 Å². The number of likely N-dealkylation sites (N-methyl/N-ethyl adjacent to an activating group) is 1. The van der Waals surface area contributed by atoms with E-state index in [9.17, 15) is 4.39 Å². The molecule has 1 aliphatic rings. The summed E-state index contributed by atoms with van der Waals surface area (Å²) in [5.74, 6) is -0.247. The third-order valence-corrected chi connectivity index (χ3v) is 5.63. The molecule has 6 nitrogen and oxygen atoms in total. The Hall–Kier alpha value is -3.03. The Labute approximate surface area is 168 Å². The lowest BCUT2D eigenvalue weighted by molar-refractivity contribution is 0.0888. The molecule has 1 saturated heterocycles. The van der Waals surface area contributed by atoms with E-state index in [2.05, 4.69) is 27.2 Å². The normalized spacial score (nSPS) is 18.5. The lowest BCUT2D eigenvalue weighted by Crippen LogP contribution is -2.46. The van der Waals surface area contributed by atoms with Crippen molar-refractivity contribution >= 4 is 5.52 Å². The van der Waals surface area contributed by atoms with Gasteiger partial charge in [0.15, 0.2) is 0 Å². The van der Waals surface area contributed by atoms with Gasteiger partial charge < -0.3 is 4.42 Å². The zero-order valence-corrected chi connectivity index (χ0v) is 16.2. The van der Waals surface area contributed by atoms with Crippen LogP contribution in [0.3, 0.4) is 0 Å². The predicted molar refractivity (Wildman–Crippen MR) is 108 cm³/mol. The highest BCUT2D eigenvalue weighted by Crippen LogP contribution is 2.28. The number of piperazine rings is 1. The van der Waals surface area contributed by atoms with E-state index >= 15 is 0 Å². The van der Waals surface area contributed by atoms with E-state index in [0.29, 0.717) is 0 Å². The summed E-state index contributed by atoms with van der Waals surface area (Å²) in [6.45, 7) is 3.70. The van der Waals surface area contributed by atoms with E-state index in [4.69, 9.17) is 4.42 Å². The van der Waals surface area contributed by atoms with Crippen molar-refractivity contribution in [2.75, 3.05) is 26.7 Å². The van der Waals surface area contributed by atoms with Crippen molar-refractivity contribution in [1.82, 2.24) is 24.6 Å². The minimum absolute atomic E-state index is 0.160. The van der Waals surface area contributed by atoms with Gasteiger partial charge in [-0.1, -0.05) is 23.4 Å². The van der Waals surface area contributed by atoms with Crippen molar-refractivity contribution in [3.05, 3.63) is 78.3 Å². The zero-order valence-electron chi connectivity index (χ0n) is 16.2. The van der Waals surface area contributed by atoms with Crippen molar-refractivity contribution in [2.24, 2.45) is 0 Å². The monoisotopic (exact) mass is 391 g/mol. The molecule has 0 bridgehead atoms. The molecular formula is C22H22FN5O. The van der Waals surface area contributed by atoms with E-state index in [1.807, 2.05) is 30.5 Å². The molecule has 1 aliphatic heterocycles. The molecule has 1 atom stereocenters. The molecule has 4 aromatic rings. The second-order valence-corrected chi connectivity index (χ2v) is 7.60. The van der Waals surface area contributed by atoms with Gasteiger partial charge in [-0.2, -0.15) is 0 Å². The third kappa shape index (κ3) is 3.54. The summed E-state index contributed by atoms with van der Waals surface area (Å²) in [5, 5.41) is 8.86. The number of benzene rings is 1. The Morgan fingerprint density at radius 3 is 2.90 bits per heavy atom. The fourth-order valence-corrected chi connectivity index (χ4v) is 4.00. The van der Waals surface area contributed by atoms with Gasteiger partial charge in [-0.25, -0.2) is 8.91 Å². The van der Waals surface area contributed by atoms with Gasteiger partial charge in [-0.15, -0.1) is 5.10 Å². The summed E-state index contributed by atoms with van der Waals surface area (Å²) in [6, 6.07) is 12.8. The van der Waals surface area contributed by atoms with E-state index in [1.54, 1.807) is 23.1 Å². The first-order valence-electron chi connectivity index (χ1n) is 9.72. The van der Waals surface area contributed by atoms with Crippen LogP contribution in [0.25, 0.3) is 16.6 Å². The second-order valence-electron chi connectivity index (χ2n) is 7.60. The van der Waals surface area contributed by atoms with Gasteiger partial charge in [0.25, 0.3) is 0 Å². The highest BCUT2D eigenvalue weighted by molar-refractivity contribution is 5.66. The number of aromatic nitrogens is 3. The van der Waals surface area contributed by atoms with Crippen LogP contribution in [0.4, 0.5) is 4.39 Å². The van der Waals surface area contributed by atoms with Crippen LogP contribution >= 0.6 is 0 Å². The van der Waals surface area contributed by atoms with Crippen LogP contribution in [-0.4, -0.2) is 51.3 Å². The number of halogens is 1. The van der Waals surface area contributed by atoms with Crippen molar-refractivity contribution in [2.45, 2.75) is 12.6 Å². The van der Waals surface area contributed by atoms with E-state index in [0.717, 1.165) is 48.5 Å². The van der Waals surface area contributed by atoms with Crippen LogP contribution in [0.5, 0.6) is 0 Å². The molecule has 29 heavy (non-hydrogen) atoms. The first-order chi connectivity index (χ1) is 14.2. The molecule has 5 rings (SSSR count). The molecule has 1 unspecified atom stereocenters. The SMILES string of the molecule is CN1CCN(Cc2ccoc2)CC1c1nnn2cc(-c3cccc(F)c3)ccc12. The van der Waals surface area contributed by atoms with E-state index in [-0.39, 0.29) is 11.9 Å². The third-order valence-electron chi connectivity index (χ3n) is 5.63. The molecule has 1 fully saturated rings. The largest absolute Gasteiger partial charge is 0.472 e. The smallest absolute Gasteiger partial charge is 0.123 e. The van der Waals surface area contributed by atoms with Crippen LogP contribution in [0.2, 0.25) is 0 Å². The van der Waals surface area contributed by atoms with Gasteiger partial charge in [0.2, 0.25) is 0 Å². The molecule has 3 aromatic heterocycles. The number of furan rings is 1.